The Morgan fingerprint density at radius 3 is 1.85 bits per heavy atom. The van der Waals surface area contributed by atoms with Crippen LogP contribution in [0.2, 0.25) is 39.3 Å². The summed E-state index contributed by atoms with van der Waals surface area (Å²) in [7, 11) is -2.64. The van der Waals surface area contributed by atoms with Crippen LogP contribution in [0.3, 0.4) is 0 Å². The third-order valence-electron chi connectivity index (χ3n) is 1.86. The maximum absolute atomic E-state index is 4.58. The van der Waals surface area contributed by atoms with Crippen molar-refractivity contribution in [1.82, 2.24) is 14.7 Å². The molecule has 0 aliphatic heterocycles. The molecule has 0 aromatic carbocycles. The van der Waals surface area contributed by atoms with Crippen molar-refractivity contribution >= 4 is 21.6 Å². The minimum absolute atomic E-state index is 1.22. The predicted octanol–water partition coefficient (Wildman–Crippen LogP) is 1.51. The first kappa shape index (κ1) is 10.7. The van der Waals surface area contributed by atoms with Crippen LogP contribution in [-0.2, 0) is 0 Å². The molecule has 1 aromatic rings. The highest BCUT2D eigenvalue weighted by Crippen LogP contribution is 2.03. The highest BCUT2D eigenvalue weighted by atomic mass is 28.3. The first-order valence-electron chi connectivity index (χ1n) is 4.64. The zero-order valence-corrected chi connectivity index (χ0v) is 11.4. The van der Waals surface area contributed by atoms with Gasteiger partial charge in [-0.1, -0.05) is 19.6 Å². The van der Waals surface area contributed by atoms with E-state index in [1.165, 1.54) is 5.32 Å². The van der Waals surface area contributed by atoms with Gasteiger partial charge in [0, 0.05) is 0 Å². The molecule has 0 fully saturated rings. The van der Waals surface area contributed by atoms with Crippen LogP contribution in [0.1, 0.15) is 0 Å². The van der Waals surface area contributed by atoms with Crippen LogP contribution in [0, 0.1) is 0 Å². The molecule has 1 aromatic heterocycles. The molecule has 0 N–H and O–H groups in total. The van der Waals surface area contributed by atoms with Gasteiger partial charge < -0.3 is 0 Å². The highest BCUT2D eigenvalue weighted by Gasteiger charge is 2.24. The van der Waals surface area contributed by atoms with Crippen molar-refractivity contribution in [2.24, 2.45) is 0 Å². The standard InChI is InChI=1S/C8H19N3Si2/c1-12(2,3)8-7-9-11(10-8)13(4,5)6/h7H,1-6H3. The van der Waals surface area contributed by atoms with Gasteiger partial charge >= 0.3 is 0 Å². The van der Waals surface area contributed by atoms with E-state index in [0.29, 0.717) is 0 Å². The summed E-state index contributed by atoms with van der Waals surface area (Å²) in [6.45, 7) is 13.6. The predicted molar refractivity (Wildman–Crippen MR) is 61.7 cm³/mol. The molecule has 5 heteroatoms. The van der Waals surface area contributed by atoms with E-state index in [4.69, 9.17) is 0 Å². The van der Waals surface area contributed by atoms with E-state index < -0.39 is 16.3 Å². The fourth-order valence-corrected chi connectivity index (χ4v) is 2.68. The summed E-state index contributed by atoms with van der Waals surface area (Å²) in [6.07, 6.45) is 1.95. The SMILES string of the molecule is C[Si](C)(C)c1cnn([Si](C)(C)C)n1. The Morgan fingerprint density at radius 1 is 1.08 bits per heavy atom. The maximum Gasteiger partial charge on any atom is 0.202 e. The van der Waals surface area contributed by atoms with Crippen molar-refractivity contribution in [1.29, 1.82) is 0 Å². The Bertz CT molecular complexity index is 265. The van der Waals surface area contributed by atoms with Crippen molar-refractivity contribution < 1.29 is 0 Å². The average molecular weight is 213 g/mol. The van der Waals surface area contributed by atoms with Gasteiger partial charge in [-0.05, 0) is 19.6 Å². The molecular formula is C8H19N3Si2. The first-order valence-corrected chi connectivity index (χ1v) is 11.6. The molecule has 13 heavy (non-hydrogen) atoms. The number of aromatic nitrogens is 3. The Kier molecular flexibility index (Phi) is 2.51. The molecule has 1 heterocycles. The Morgan fingerprint density at radius 2 is 1.62 bits per heavy atom. The van der Waals surface area contributed by atoms with Crippen LogP contribution < -0.4 is 5.32 Å². The van der Waals surface area contributed by atoms with Crippen LogP contribution in [0.25, 0.3) is 0 Å². The van der Waals surface area contributed by atoms with Crippen LogP contribution >= 0.6 is 0 Å². The summed E-state index contributed by atoms with van der Waals surface area (Å²) < 4.78 is 1.95. The van der Waals surface area contributed by atoms with E-state index in [2.05, 4.69) is 49.5 Å². The van der Waals surface area contributed by atoms with Gasteiger partial charge in [-0.2, -0.15) is 10.2 Å². The second kappa shape index (κ2) is 3.06. The van der Waals surface area contributed by atoms with Crippen molar-refractivity contribution in [3.05, 3.63) is 6.20 Å². The third-order valence-corrected chi connectivity index (χ3v) is 5.04. The van der Waals surface area contributed by atoms with E-state index in [0.717, 1.165) is 0 Å². The van der Waals surface area contributed by atoms with Crippen molar-refractivity contribution in [2.45, 2.75) is 39.3 Å². The van der Waals surface area contributed by atoms with Gasteiger partial charge in [-0.25, -0.2) is 4.46 Å². The lowest BCUT2D eigenvalue weighted by molar-refractivity contribution is 0.804. The molecule has 0 saturated carbocycles. The van der Waals surface area contributed by atoms with Gasteiger partial charge in [0.2, 0.25) is 8.24 Å². The van der Waals surface area contributed by atoms with E-state index in [9.17, 15) is 0 Å². The number of hydrogen-bond donors (Lipinski definition) is 0. The molecule has 0 saturated heterocycles. The number of hydrogen-bond acceptors (Lipinski definition) is 2. The lowest BCUT2D eigenvalue weighted by Crippen LogP contribution is -2.41. The summed E-state index contributed by atoms with van der Waals surface area (Å²) in [5, 5.41) is 10.2. The molecule has 0 spiro atoms. The fraction of sp³-hybridized carbons (Fsp3) is 0.750. The van der Waals surface area contributed by atoms with Crippen LogP contribution in [0.15, 0.2) is 6.20 Å². The van der Waals surface area contributed by atoms with E-state index in [1.807, 2.05) is 10.7 Å². The van der Waals surface area contributed by atoms with Gasteiger partial charge in [0.15, 0.2) is 0 Å². The largest absolute Gasteiger partial charge is 0.222 e. The van der Waals surface area contributed by atoms with Crippen molar-refractivity contribution in [3.8, 4) is 0 Å². The highest BCUT2D eigenvalue weighted by molar-refractivity contribution is 6.88. The van der Waals surface area contributed by atoms with E-state index in [1.54, 1.807) is 0 Å². The minimum Gasteiger partial charge on any atom is -0.222 e. The molecule has 0 unspecified atom stereocenters. The lowest BCUT2D eigenvalue weighted by Gasteiger charge is -2.15. The molecule has 3 nitrogen and oxygen atoms in total. The fourth-order valence-electron chi connectivity index (χ4n) is 0.930. The Balaban J connectivity index is 3.01. The molecular weight excluding hydrogens is 194 g/mol. The molecule has 0 aliphatic carbocycles. The quantitative estimate of drug-likeness (QED) is 0.697. The molecule has 1 rings (SSSR count). The Hall–Kier alpha value is -0.426. The summed E-state index contributed by atoms with van der Waals surface area (Å²) in [4.78, 5) is 0. The number of rotatable bonds is 2. The average Bonchev–Trinajstić information content (AvgIpc) is 2.28. The van der Waals surface area contributed by atoms with Crippen molar-refractivity contribution in [2.75, 3.05) is 0 Å². The number of nitrogens with zero attached hydrogens (tertiary/aromatic N) is 3. The van der Waals surface area contributed by atoms with Gasteiger partial charge in [0.05, 0.1) is 11.5 Å². The normalized spacial score (nSPS) is 13.4. The van der Waals surface area contributed by atoms with Crippen LogP contribution in [0.4, 0.5) is 0 Å². The zero-order valence-electron chi connectivity index (χ0n) is 9.42. The second-order valence-corrected chi connectivity index (χ2v) is 15.2. The van der Waals surface area contributed by atoms with Gasteiger partial charge in [0.1, 0.15) is 8.07 Å². The lowest BCUT2D eigenvalue weighted by atomic mass is 10.9. The van der Waals surface area contributed by atoms with Crippen LogP contribution in [0.5, 0.6) is 0 Å². The third kappa shape index (κ3) is 2.51. The molecule has 0 bridgehead atoms. The molecule has 74 valence electrons. The van der Waals surface area contributed by atoms with Gasteiger partial charge in [0.25, 0.3) is 0 Å². The molecule has 0 radical (unpaired) electrons. The second-order valence-electron chi connectivity index (χ2n) is 5.44. The summed E-state index contributed by atoms with van der Waals surface area (Å²) in [6, 6.07) is 0. The Labute approximate surface area is 82.3 Å². The first-order chi connectivity index (χ1) is 5.71. The minimum atomic E-state index is -1.37. The van der Waals surface area contributed by atoms with Gasteiger partial charge in [-0.15, -0.1) is 0 Å². The summed E-state index contributed by atoms with van der Waals surface area (Å²) >= 11 is 0. The summed E-state index contributed by atoms with van der Waals surface area (Å²) in [5.41, 5.74) is 0. The van der Waals surface area contributed by atoms with E-state index in [-0.39, 0.29) is 0 Å². The zero-order chi connectivity index (χ0) is 10.3. The van der Waals surface area contributed by atoms with E-state index >= 15 is 0 Å². The van der Waals surface area contributed by atoms with Crippen molar-refractivity contribution in [3.63, 3.8) is 0 Å². The smallest absolute Gasteiger partial charge is 0.202 e. The molecule has 0 atom stereocenters. The monoisotopic (exact) mass is 213 g/mol. The van der Waals surface area contributed by atoms with Gasteiger partial charge in [-0.3, -0.25) is 0 Å². The summed E-state index contributed by atoms with van der Waals surface area (Å²) in [5.74, 6) is 0. The van der Waals surface area contributed by atoms with Crippen LogP contribution in [-0.4, -0.2) is 31.0 Å². The molecule has 0 amide bonds. The molecule has 0 aliphatic rings. The maximum atomic E-state index is 4.58. The topological polar surface area (TPSA) is 30.7 Å².